The maximum atomic E-state index is 5.30. The van der Waals surface area contributed by atoms with Crippen molar-refractivity contribution in [2.24, 2.45) is 7.05 Å². The van der Waals surface area contributed by atoms with E-state index in [9.17, 15) is 0 Å². The zero-order valence-electron chi connectivity index (χ0n) is 11.4. The summed E-state index contributed by atoms with van der Waals surface area (Å²) in [6.07, 6.45) is 2.70. The van der Waals surface area contributed by atoms with Crippen LogP contribution in [-0.4, -0.2) is 29.0 Å². The summed E-state index contributed by atoms with van der Waals surface area (Å²) in [5, 5.41) is 8.12. The van der Waals surface area contributed by atoms with Gasteiger partial charge in [-0.05, 0) is 33.6 Å². The maximum absolute atomic E-state index is 5.30. The highest BCUT2D eigenvalue weighted by Crippen LogP contribution is 2.27. The molecule has 0 saturated heterocycles. The first kappa shape index (κ1) is 12.6. The van der Waals surface area contributed by atoms with E-state index < -0.39 is 0 Å². The van der Waals surface area contributed by atoms with Gasteiger partial charge in [0.05, 0.1) is 11.8 Å². The zero-order chi connectivity index (χ0) is 12.6. The standard InChI is InChI=1S/C13H23N3O/c1-8(14-11-6-12(7-11)17-5)13-9(2)15-16(4)10(13)3/h8,11-12,14H,6-7H2,1-5H3. The van der Waals surface area contributed by atoms with Gasteiger partial charge in [-0.25, -0.2) is 0 Å². The molecule has 0 radical (unpaired) electrons. The molecule has 0 spiro atoms. The molecule has 1 N–H and O–H groups in total. The molecule has 96 valence electrons. The summed E-state index contributed by atoms with van der Waals surface area (Å²) in [6, 6.07) is 0.959. The van der Waals surface area contributed by atoms with Gasteiger partial charge in [0.1, 0.15) is 0 Å². The second-order valence-electron chi connectivity index (χ2n) is 5.12. The molecule has 1 fully saturated rings. The third-order valence-electron chi connectivity index (χ3n) is 3.91. The first-order valence-corrected chi connectivity index (χ1v) is 6.31. The van der Waals surface area contributed by atoms with Crippen molar-refractivity contribution in [1.29, 1.82) is 0 Å². The zero-order valence-corrected chi connectivity index (χ0v) is 11.4. The number of ether oxygens (including phenoxy) is 1. The Morgan fingerprint density at radius 2 is 2.06 bits per heavy atom. The summed E-state index contributed by atoms with van der Waals surface area (Å²) in [5.41, 5.74) is 3.73. The third-order valence-corrected chi connectivity index (χ3v) is 3.91. The molecule has 1 aliphatic carbocycles. The molecule has 4 nitrogen and oxygen atoms in total. The lowest BCUT2D eigenvalue weighted by Crippen LogP contribution is -2.46. The summed E-state index contributed by atoms with van der Waals surface area (Å²) in [7, 11) is 3.79. The average molecular weight is 237 g/mol. The van der Waals surface area contributed by atoms with E-state index in [4.69, 9.17) is 4.74 Å². The van der Waals surface area contributed by atoms with Crippen LogP contribution >= 0.6 is 0 Å². The highest BCUT2D eigenvalue weighted by Gasteiger charge is 2.30. The van der Waals surface area contributed by atoms with Crippen molar-refractivity contribution >= 4 is 0 Å². The molecule has 1 unspecified atom stereocenters. The average Bonchev–Trinajstić information content (AvgIpc) is 2.46. The number of aryl methyl sites for hydroxylation is 2. The molecule has 0 aliphatic heterocycles. The van der Waals surface area contributed by atoms with Crippen LogP contribution in [0.5, 0.6) is 0 Å². The van der Waals surface area contributed by atoms with Gasteiger partial charge in [-0.1, -0.05) is 0 Å². The van der Waals surface area contributed by atoms with Crippen LogP contribution in [0.4, 0.5) is 0 Å². The summed E-state index contributed by atoms with van der Waals surface area (Å²) >= 11 is 0. The van der Waals surface area contributed by atoms with Crippen molar-refractivity contribution in [3.05, 3.63) is 17.0 Å². The van der Waals surface area contributed by atoms with Crippen LogP contribution in [0.1, 0.15) is 42.8 Å². The van der Waals surface area contributed by atoms with E-state index in [1.54, 1.807) is 7.11 Å². The predicted molar refractivity (Wildman–Crippen MR) is 68.1 cm³/mol. The number of aromatic nitrogens is 2. The molecule has 1 aromatic heterocycles. The number of rotatable bonds is 4. The highest BCUT2D eigenvalue weighted by molar-refractivity contribution is 5.27. The highest BCUT2D eigenvalue weighted by atomic mass is 16.5. The van der Waals surface area contributed by atoms with E-state index in [0.717, 1.165) is 18.5 Å². The smallest absolute Gasteiger partial charge is 0.0644 e. The predicted octanol–water partition coefficient (Wildman–Crippen LogP) is 1.86. The first-order valence-electron chi connectivity index (χ1n) is 6.31. The third kappa shape index (κ3) is 2.38. The van der Waals surface area contributed by atoms with Crippen molar-refractivity contribution in [1.82, 2.24) is 15.1 Å². The molecule has 1 aliphatic rings. The van der Waals surface area contributed by atoms with Gasteiger partial charge in [0.2, 0.25) is 0 Å². The monoisotopic (exact) mass is 237 g/mol. The van der Waals surface area contributed by atoms with Gasteiger partial charge in [-0.15, -0.1) is 0 Å². The Labute approximate surface area is 103 Å². The molecule has 0 amide bonds. The molecule has 1 atom stereocenters. The van der Waals surface area contributed by atoms with Crippen LogP contribution in [0.3, 0.4) is 0 Å². The Balaban J connectivity index is 1.98. The number of hydrogen-bond acceptors (Lipinski definition) is 3. The van der Waals surface area contributed by atoms with Gasteiger partial charge >= 0.3 is 0 Å². The van der Waals surface area contributed by atoms with E-state index >= 15 is 0 Å². The molecule has 2 rings (SSSR count). The molecule has 0 bridgehead atoms. The van der Waals surface area contributed by atoms with Gasteiger partial charge in [0, 0.05) is 37.5 Å². The number of nitrogens with one attached hydrogen (secondary N) is 1. The molecule has 1 aromatic rings. The Bertz CT molecular complexity index is 394. The summed E-state index contributed by atoms with van der Waals surface area (Å²) in [4.78, 5) is 0. The summed E-state index contributed by atoms with van der Waals surface area (Å²) < 4.78 is 7.26. The molecule has 17 heavy (non-hydrogen) atoms. The normalized spacial score (nSPS) is 25.7. The minimum absolute atomic E-state index is 0.367. The van der Waals surface area contributed by atoms with Crippen LogP contribution in [0.15, 0.2) is 0 Å². The van der Waals surface area contributed by atoms with Crippen molar-refractivity contribution in [2.75, 3.05) is 7.11 Å². The fraction of sp³-hybridized carbons (Fsp3) is 0.769. The van der Waals surface area contributed by atoms with E-state index in [1.807, 2.05) is 11.7 Å². The molecular formula is C13H23N3O. The van der Waals surface area contributed by atoms with Crippen molar-refractivity contribution < 1.29 is 4.74 Å². The Morgan fingerprint density at radius 1 is 1.41 bits per heavy atom. The second-order valence-corrected chi connectivity index (χ2v) is 5.12. The van der Waals surface area contributed by atoms with E-state index in [2.05, 4.69) is 31.2 Å². The van der Waals surface area contributed by atoms with Crippen LogP contribution in [-0.2, 0) is 11.8 Å². The quantitative estimate of drug-likeness (QED) is 0.869. The molecule has 0 aromatic carbocycles. The Kier molecular flexibility index (Phi) is 3.54. The molecule has 1 heterocycles. The van der Waals surface area contributed by atoms with Gasteiger partial charge in [-0.3, -0.25) is 4.68 Å². The van der Waals surface area contributed by atoms with E-state index in [-0.39, 0.29) is 0 Å². The number of methoxy groups -OCH3 is 1. The molecule has 1 saturated carbocycles. The lowest BCUT2D eigenvalue weighted by Gasteiger charge is -2.36. The van der Waals surface area contributed by atoms with Crippen molar-refractivity contribution in [2.45, 2.75) is 51.8 Å². The fourth-order valence-electron chi connectivity index (χ4n) is 2.75. The van der Waals surface area contributed by atoms with Crippen LogP contribution in [0.2, 0.25) is 0 Å². The van der Waals surface area contributed by atoms with Crippen molar-refractivity contribution in [3.8, 4) is 0 Å². The minimum Gasteiger partial charge on any atom is -0.381 e. The van der Waals surface area contributed by atoms with E-state index in [1.165, 1.54) is 11.3 Å². The first-order chi connectivity index (χ1) is 8.02. The van der Waals surface area contributed by atoms with Crippen LogP contribution < -0.4 is 5.32 Å². The summed E-state index contributed by atoms with van der Waals surface area (Å²) in [5.74, 6) is 0. The summed E-state index contributed by atoms with van der Waals surface area (Å²) in [6.45, 7) is 6.43. The van der Waals surface area contributed by atoms with Crippen LogP contribution in [0.25, 0.3) is 0 Å². The largest absolute Gasteiger partial charge is 0.381 e. The topological polar surface area (TPSA) is 39.1 Å². The fourth-order valence-corrected chi connectivity index (χ4v) is 2.75. The van der Waals surface area contributed by atoms with Gasteiger partial charge in [-0.2, -0.15) is 5.10 Å². The SMILES string of the molecule is COC1CC(NC(C)c2c(C)nn(C)c2C)C1. The second kappa shape index (κ2) is 4.78. The minimum atomic E-state index is 0.367. The Hall–Kier alpha value is -0.870. The lowest BCUT2D eigenvalue weighted by atomic mass is 9.88. The van der Waals surface area contributed by atoms with Gasteiger partial charge in [0.15, 0.2) is 0 Å². The molecular weight excluding hydrogens is 214 g/mol. The number of nitrogens with zero attached hydrogens (tertiary/aromatic N) is 2. The van der Waals surface area contributed by atoms with E-state index in [0.29, 0.717) is 18.2 Å². The van der Waals surface area contributed by atoms with Crippen LogP contribution in [0, 0.1) is 13.8 Å². The van der Waals surface area contributed by atoms with Gasteiger partial charge in [0.25, 0.3) is 0 Å². The maximum Gasteiger partial charge on any atom is 0.0644 e. The number of hydrogen-bond donors (Lipinski definition) is 1. The van der Waals surface area contributed by atoms with Crippen molar-refractivity contribution in [3.63, 3.8) is 0 Å². The van der Waals surface area contributed by atoms with Gasteiger partial charge < -0.3 is 10.1 Å². The Morgan fingerprint density at radius 3 is 2.53 bits per heavy atom. The molecule has 4 heteroatoms. The lowest BCUT2D eigenvalue weighted by molar-refractivity contribution is 0.0147.